The third-order valence-electron chi connectivity index (χ3n) is 1.85. The molecule has 1 aromatic carbocycles. The van der Waals surface area contributed by atoms with E-state index in [0.717, 1.165) is 0 Å². The van der Waals surface area contributed by atoms with E-state index in [1.165, 1.54) is 18.2 Å². The number of hydrogen-bond donors (Lipinski definition) is 2. The summed E-state index contributed by atoms with van der Waals surface area (Å²) in [6.45, 7) is 4.14. The Morgan fingerprint density at radius 1 is 1.29 bits per heavy atom. The van der Waals surface area contributed by atoms with Crippen LogP contribution in [-0.2, 0) is 0 Å². The first-order valence-electron chi connectivity index (χ1n) is 5.23. The minimum absolute atomic E-state index is 0.139. The molecular weight excluding hydrogens is 222 g/mol. The van der Waals surface area contributed by atoms with Crippen molar-refractivity contribution in [1.82, 2.24) is 10.6 Å². The fraction of sp³-hybridized carbons (Fsp3) is 0.455. The first-order valence-corrected chi connectivity index (χ1v) is 5.23. The normalized spacial score (nSPS) is 9.71. The highest BCUT2D eigenvalue weighted by molar-refractivity contribution is 5.19. The number of hydrogen-bond acceptors (Lipinski definition) is 5. The first-order chi connectivity index (χ1) is 7.91. The molecule has 0 aliphatic rings. The molecule has 1 rings (SSSR count). The fourth-order valence-electron chi connectivity index (χ4n) is 0.940. The minimum atomic E-state index is -0.462. The molecule has 0 spiro atoms. The van der Waals surface area contributed by atoms with Crippen molar-refractivity contribution in [2.24, 2.45) is 0 Å². The maximum atomic E-state index is 9.65. The van der Waals surface area contributed by atoms with E-state index in [1.807, 2.05) is 0 Å². The van der Waals surface area contributed by atoms with Crippen LogP contribution in [0.1, 0.15) is 11.1 Å². The van der Waals surface area contributed by atoms with Gasteiger partial charge < -0.3 is 0 Å². The van der Waals surface area contributed by atoms with E-state index in [4.69, 9.17) is 5.21 Å². The third-order valence-corrected chi connectivity index (χ3v) is 1.85. The van der Waals surface area contributed by atoms with E-state index in [1.54, 1.807) is 0 Å². The van der Waals surface area contributed by atoms with Crippen LogP contribution in [0.2, 0.25) is 0 Å². The lowest BCUT2D eigenvalue weighted by Crippen LogP contribution is -2.34. The summed E-state index contributed by atoms with van der Waals surface area (Å²) < 4.78 is 0. The standard InChI is InChI=1S/C8H10.C3H9N3O3/c1-7-3-5-8(2)6-4-7;1-5(7)4-2-3-6(8)9/h3-6H,1-2H3;4,7H,2-3H2,1H3. The topological polar surface area (TPSA) is 78.6 Å². The number of benzene rings is 1. The Labute approximate surface area is 101 Å². The molecule has 0 saturated heterocycles. The molecule has 0 heterocycles. The summed E-state index contributed by atoms with van der Waals surface area (Å²) in [5.41, 5.74) is 4.98. The summed E-state index contributed by atoms with van der Waals surface area (Å²) in [6, 6.07) is 8.48. The number of nitro groups is 1. The molecule has 0 radical (unpaired) electrons. The van der Waals surface area contributed by atoms with Gasteiger partial charge in [-0.05, 0) is 13.8 Å². The van der Waals surface area contributed by atoms with Gasteiger partial charge in [0.05, 0.1) is 6.54 Å². The monoisotopic (exact) mass is 241 g/mol. The van der Waals surface area contributed by atoms with Gasteiger partial charge in [0.15, 0.2) is 0 Å². The fourth-order valence-corrected chi connectivity index (χ4v) is 0.940. The number of rotatable bonds is 4. The van der Waals surface area contributed by atoms with Gasteiger partial charge >= 0.3 is 0 Å². The predicted molar refractivity (Wildman–Crippen MR) is 65.3 cm³/mol. The third kappa shape index (κ3) is 10.8. The van der Waals surface area contributed by atoms with Crippen LogP contribution in [0.3, 0.4) is 0 Å². The van der Waals surface area contributed by atoms with Crippen LogP contribution in [0.25, 0.3) is 0 Å². The molecule has 0 unspecified atom stereocenters. The molecule has 0 aliphatic carbocycles. The smallest absolute Gasteiger partial charge is 0.217 e. The van der Waals surface area contributed by atoms with E-state index in [2.05, 4.69) is 43.5 Å². The van der Waals surface area contributed by atoms with E-state index >= 15 is 0 Å². The lowest BCUT2D eigenvalue weighted by atomic mass is 10.2. The van der Waals surface area contributed by atoms with Crippen LogP contribution in [-0.4, -0.2) is 35.4 Å². The van der Waals surface area contributed by atoms with Gasteiger partial charge in [0.1, 0.15) is 0 Å². The molecule has 96 valence electrons. The summed E-state index contributed by atoms with van der Waals surface area (Å²) >= 11 is 0. The first kappa shape index (κ1) is 15.5. The molecule has 6 heteroatoms. The summed E-state index contributed by atoms with van der Waals surface area (Å²) in [4.78, 5) is 9.18. The quantitative estimate of drug-likeness (QED) is 0.615. The van der Waals surface area contributed by atoms with Crippen molar-refractivity contribution in [3.63, 3.8) is 0 Å². The van der Waals surface area contributed by atoms with Gasteiger partial charge in [0.25, 0.3) is 0 Å². The zero-order chi connectivity index (χ0) is 13.3. The number of hydroxylamine groups is 1. The van der Waals surface area contributed by atoms with Crippen molar-refractivity contribution in [1.29, 1.82) is 0 Å². The highest BCUT2D eigenvalue weighted by Crippen LogP contribution is 1.99. The zero-order valence-electron chi connectivity index (χ0n) is 10.4. The van der Waals surface area contributed by atoms with Crippen LogP contribution in [0, 0.1) is 24.0 Å². The Kier molecular flexibility index (Phi) is 7.87. The van der Waals surface area contributed by atoms with Crippen molar-refractivity contribution in [3.8, 4) is 0 Å². The van der Waals surface area contributed by atoms with Crippen molar-refractivity contribution in [2.45, 2.75) is 13.8 Å². The Balaban J connectivity index is 0.000000302. The second-order valence-corrected chi connectivity index (χ2v) is 3.64. The highest BCUT2D eigenvalue weighted by atomic mass is 16.6. The van der Waals surface area contributed by atoms with Crippen LogP contribution in [0.5, 0.6) is 0 Å². The maximum absolute atomic E-state index is 9.65. The Morgan fingerprint density at radius 2 is 1.71 bits per heavy atom. The highest BCUT2D eigenvalue weighted by Gasteiger charge is 1.95. The molecule has 0 aromatic heterocycles. The predicted octanol–water partition coefficient (Wildman–Crippen LogP) is 1.39. The molecule has 0 bridgehead atoms. The summed E-state index contributed by atoms with van der Waals surface area (Å²) in [5.74, 6) is 0. The average molecular weight is 241 g/mol. The minimum Gasteiger partial charge on any atom is -0.299 e. The van der Waals surface area contributed by atoms with Gasteiger partial charge in [-0.1, -0.05) is 35.4 Å². The number of hydrazine groups is 1. The van der Waals surface area contributed by atoms with Gasteiger partial charge in [-0.2, -0.15) is 0 Å². The molecule has 0 aliphatic heterocycles. The van der Waals surface area contributed by atoms with Crippen LogP contribution >= 0.6 is 0 Å². The lowest BCUT2D eigenvalue weighted by molar-refractivity contribution is -0.479. The molecular formula is C11H19N3O3. The Bertz CT molecular complexity index is 304. The number of nitrogens with one attached hydrogen (secondary N) is 1. The Hall–Kier alpha value is -1.50. The van der Waals surface area contributed by atoms with Crippen molar-refractivity contribution >= 4 is 0 Å². The van der Waals surface area contributed by atoms with Gasteiger partial charge in [-0.3, -0.25) is 15.3 Å². The molecule has 17 heavy (non-hydrogen) atoms. The number of nitrogens with zero attached hydrogens (tertiary/aromatic N) is 2. The molecule has 1 aromatic rings. The molecule has 0 saturated carbocycles. The van der Waals surface area contributed by atoms with Crippen LogP contribution < -0.4 is 5.43 Å². The van der Waals surface area contributed by atoms with Gasteiger partial charge in [-0.25, -0.2) is 5.43 Å². The zero-order valence-corrected chi connectivity index (χ0v) is 10.4. The van der Waals surface area contributed by atoms with E-state index < -0.39 is 4.92 Å². The van der Waals surface area contributed by atoms with E-state index in [-0.39, 0.29) is 13.1 Å². The lowest BCUT2D eigenvalue weighted by Gasteiger charge is -2.05. The second-order valence-electron chi connectivity index (χ2n) is 3.64. The number of aryl methyl sites for hydroxylation is 2. The van der Waals surface area contributed by atoms with Crippen LogP contribution in [0.15, 0.2) is 24.3 Å². The summed E-state index contributed by atoms with van der Waals surface area (Å²) in [5, 5.41) is 18.7. The Morgan fingerprint density at radius 3 is 2.00 bits per heavy atom. The second kappa shape index (κ2) is 8.63. The van der Waals surface area contributed by atoms with Gasteiger partial charge in [0, 0.05) is 12.0 Å². The van der Waals surface area contributed by atoms with E-state index in [9.17, 15) is 10.1 Å². The van der Waals surface area contributed by atoms with Crippen LogP contribution in [0.4, 0.5) is 0 Å². The van der Waals surface area contributed by atoms with Gasteiger partial charge in [-0.15, -0.1) is 5.17 Å². The van der Waals surface area contributed by atoms with E-state index in [0.29, 0.717) is 5.17 Å². The average Bonchev–Trinajstić information content (AvgIpc) is 2.22. The largest absolute Gasteiger partial charge is 0.299 e. The summed E-state index contributed by atoms with van der Waals surface area (Å²) in [7, 11) is 1.35. The van der Waals surface area contributed by atoms with Crippen molar-refractivity contribution < 1.29 is 10.1 Å². The molecule has 0 atom stereocenters. The maximum Gasteiger partial charge on any atom is 0.217 e. The van der Waals surface area contributed by atoms with Crippen molar-refractivity contribution in [3.05, 3.63) is 45.5 Å². The molecule has 6 nitrogen and oxygen atoms in total. The summed E-state index contributed by atoms with van der Waals surface area (Å²) in [6.07, 6.45) is 0. The van der Waals surface area contributed by atoms with Crippen molar-refractivity contribution in [2.75, 3.05) is 20.1 Å². The molecule has 0 fully saturated rings. The SMILES string of the molecule is CN(O)NCC[N+](=O)[O-].Cc1ccc(C)cc1. The molecule has 0 amide bonds. The molecule has 2 N–H and O–H groups in total. The van der Waals surface area contributed by atoms with Gasteiger partial charge in [0.2, 0.25) is 6.54 Å².